The highest BCUT2D eigenvalue weighted by molar-refractivity contribution is 6.00. The number of hydrogen-bond donors (Lipinski definition) is 1. The van der Waals surface area contributed by atoms with Gasteiger partial charge in [-0.1, -0.05) is 12.1 Å². The van der Waals surface area contributed by atoms with Gasteiger partial charge < -0.3 is 5.11 Å². The van der Waals surface area contributed by atoms with Gasteiger partial charge in [-0.25, -0.2) is 4.68 Å². The molecule has 3 nitrogen and oxygen atoms in total. The van der Waals surface area contributed by atoms with Gasteiger partial charge >= 0.3 is 0 Å². The summed E-state index contributed by atoms with van der Waals surface area (Å²) in [7, 11) is 0. The van der Waals surface area contributed by atoms with E-state index in [-0.39, 0.29) is 5.75 Å². The molecule has 3 heteroatoms. The van der Waals surface area contributed by atoms with Crippen molar-refractivity contribution < 1.29 is 5.11 Å². The molecule has 0 aliphatic rings. The van der Waals surface area contributed by atoms with Crippen molar-refractivity contribution in [2.75, 3.05) is 0 Å². The van der Waals surface area contributed by atoms with Gasteiger partial charge in [-0.15, -0.1) is 0 Å². The highest BCUT2D eigenvalue weighted by atomic mass is 16.3. The third-order valence-electron chi connectivity index (χ3n) is 2.15. The molecule has 0 amide bonds. The maximum absolute atomic E-state index is 9.62. The van der Waals surface area contributed by atoms with Crippen LogP contribution in [0.15, 0.2) is 53.9 Å². The maximum Gasteiger partial charge on any atom is 0.124 e. The van der Waals surface area contributed by atoms with Gasteiger partial charge in [0.05, 0.1) is 5.71 Å². The minimum atomic E-state index is 0.255. The number of phenols is 1. The second-order valence-corrected chi connectivity index (χ2v) is 3.27. The predicted octanol–water partition coefficient (Wildman–Crippen LogP) is 2.47. The molecule has 1 heterocycles. The number of rotatable bonds is 2. The average molecular weight is 200 g/mol. The third kappa shape index (κ3) is 2.07. The Kier molecular flexibility index (Phi) is 2.54. The first-order valence-corrected chi connectivity index (χ1v) is 4.74. The van der Waals surface area contributed by atoms with Crippen LogP contribution in [0.3, 0.4) is 0 Å². The molecule has 0 saturated heterocycles. The van der Waals surface area contributed by atoms with E-state index in [9.17, 15) is 5.11 Å². The minimum Gasteiger partial charge on any atom is -0.507 e. The van der Waals surface area contributed by atoms with Crippen LogP contribution >= 0.6 is 0 Å². The van der Waals surface area contributed by atoms with Crippen LogP contribution in [-0.2, 0) is 0 Å². The molecule has 15 heavy (non-hydrogen) atoms. The van der Waals surface area contributed by atoms with E-state index in [1.165, 1.54) is 0 Å². The average Bonchev–Trinajstić information content (AvgIpc) is 2.71. The Hall–Kier alpha value is -2.03. The van der Waals surface area contributed by atoms with Gasteiger partial charge in [0, 0.05) is 18.0 Å². The molecule has 0 saturated carbocycles. The van der Waals surface area contributed by atoms with E-state index < -0.39 is 0 Å². The van der Waals surface area contributed by atoms with E-state index in [0.717, 1.165) is 11.3 Å². The molecule has 2 rings (SSSR count). The normalized spacial score (nSPS) is 11.7. The Morgan fingerprint density at radius 1 is 1.13 bits per heavy atom. The Morgan fingerprint density at radius 2 is 1.80 bits per heavy atom. The predicted molar refractivity (Wildman–Crippen MR) is 60.1 cm³/mol. The zero-order valence-electron chi connectivity index (χ0n) is 8.46. The molecule has 0 bridgehead atoms. The molecule has 1 aromatic heterocycles. The van der Waals surface area contributed by atoms with E-state index in [1.54, 1.807) is 16.8 Å². The number of aromatic nitrogens is 1. The van der Waals surface area contributed by atoms with Gasteiger partial charge in [0.2, 0.25) is 0 Å². The molecule has 1 N–H and O–H groups in total. The molecule has 0 aliphatic carbocycles. The van der Waals surface area contributed by atoms with Crippen molar-refractivity contribution in [1.82, 2.24) is 4.68 Å². The fourth-order valence-electron chi connectivity index (χ4n) is 1.40. The van der Waals surface area contributed by atoms with Gasteiger partial charge in [0.15, 0.2) is 0 Å². The summed E-state index contributed by atoms with van der Waals surface area (Å²) in [5.41, 5.74) is 1.54. The molecule has 0 atom stereocenters. The van der Waals surface area contributed by atoms with Crippen LogP contribution in [0.2, 0.25) is 0 Å². The van der Waals surface area contributed by atoms with Crippen LogP contribution in [0.4, 0.5) is 0 Å². The van der Waals surface area contributed by atoms with Crippen LogP contribution in [0, 0.1) is 0 Å². The lowest BCUT2D eigenvalue weighted by atomic mass is 10.1. The highest BCUT2D eigenvalue weighted by Crippen LogP contribution is 2.16. The topological polar surface area (TPSA) is 37.5 Å². The van der Waals surface area contributed by atoms with Gasteiger partial charge in [0.25, 0.3) is 0 Å². The molecule has 0 aliphatic heterocycles. The number of nitrogens with zero attached hydrogens (tertiary/aromatic N) is 2. The summed E-state index contributed by atoms with van der Waals surface area (Å²) in [5, 5.41) is 13.9. The van der Waals surface area contributed by atoms with Crippen molar-refractivity contribution in [2.45, 2.75) is 6.92 Å². The summed E-state index contributed by atoms with van der Waals surface area (Å²) in [6.45, 7) is 1.87. The van der Waals surface area contributed by atoms with Crippen LogP contribution < -0.4 is 0 Å². The summed E-state index contributed by atoms with van der Waals surface area (Å²) in [4.78, 5) is 0. The van der Waals surface area contributed by atoms with Crippen molar-refractivity contribution >= 4 is 5.71 Å². The first-order valence-electron chi connectivity index (χ1n) is 4.74. The summed E-state index contributed by atoms with van der Waals surface area (Å²) in [5.74, 6) is 0.255. The fraction of sp³-hybridized carbons (Fsp3) is 0.0833. The summed E-state index contributed by atoms with van der Waals surface area (Å²) in [6, 6.07) is 11.0. The largest absolute Gasteiger partial charge is 0.507 e. The minimum absolute atomic E-state index is 0.255. The summed E-state index contributed by atoms with van der Waals surface area (Å²) >= 11 is 0. The Balaban J connectivity index is 2.36. The SMILES string of the molecule is C/C(=N\n1cccc1)c1ccccc1O. The number of benzene rings is 1. The first kappa shape index (κ1) is 9.52. The standard InChI is InChI=1S/C12H12N2O/c1-10(13-14-8-4-5-9-14)11-6-2-3-7-12(11)15/h2-9,15H,1H3/b13-10+. The first-order chi connectivity index (χ1) is 7.27. The number of phenolic OH excluding ortho intramolecular Hbond substituents is 1. The Bertz CT molecular complexity index is 472. The smallest absolute Gasteiger partial charge is 0.124 e. The highest BCUT2D eigenvalue weighted by Gasteiger charge is 2.02. The van der Waals surface area contributed by atoms with Crippen molar-refractivity contribution in [2.24, 2.45) is 5.10 Å². The molecular formula is C12H12N2O. The van der Waals surface area contributed by atoms with Crippen LogP contribution in [0.5, 0.6) is 5.75 Å². The molecule has 76 valence electrons. The molecule has 0 radical (unpaired) electrons. The molecule has 0 fully saturated rings. The number of hydrogen-bond acceptors (Lipinski definition) is 2. The molecule has 2 aromatic rings. The second-order valence-electron chi connectivity index (χ2n) is 3.27. The van der Waals surface area contributed by atoms with Crippen LogP contribution in [0.25, 0.3) is 0 Å². The van der Waals surface area contributed by atoms with E-state index >= 15 is 0 Å². The van der Waals surface area contributed by atoms with E-state index in [2.05, 4.69) is 5.10 Å². The van der Waals surface area contributed by atoms with E-state index in [1.807, 2.05) is 43.6 Å². The number of aromatic hydroxyl groups is 1. The molecular weight excluding hydrogens is 188 g/mol. The lowest BCUT2D eigenvalue weighted by molar-refractivity contribution is 0.474. The van der Waals surface area contributed by atoms with Gasteiger partial charge in [0.1, 0.15) is 5.75 Å². The monoisotopic (exact) mass is 200 g/mol. The summed E-state index contributed by atoms with van der Waals surface area (Å²) < 4.78 is 1.71. The van der Waals surface area contributed by atoms with Gasteiger partial charge in [-0.2, -0.15) is 5.10 Å². The van der Waals surface area contributed by atoms with Crippen LogP contribution in [-0.4, -0.2) is 15.5 Å². The van der Waals surface area contributed by atoms with Crippen LogP contribution in [0.1, 0.15) is 12.5 Å². The lowest BCUT2D eigenvalue weighted by Gasteiger charge is -2.03. The number of para-hydroxylation sites is 1. The Labute approximate surface area is 88.3 Å². The van der Waals surface area contributed by atoms with Gasteiger partial charge in [-0.05, 0) is 31.2 Å². The third-order valence-corrected chi connectivity index (χ3v) is 2.15. The van der Waals surface area contributed by atoms with Crippen molar-refractivity contribution in [3.05, 3.63) is 54.4 Å². The molecule has 1 aromatic carbocycles. The Morgan fingerprint density at radius 3 is 2.47 bits per heavy atom. The molecule has 0 spiro atoms. The van der Waals surface area contributed by atoms with Gasteiger partial charge in [-0.3, -0.25) is 0 Å². The van der Waals surface area contributed by atoms with Crippen molar-refractivity contribution in [1.29, 1.82) is 0 Å². The lowest BCUT2D eigenvalue weighted by Crippen LogP contribution is -1.98. The molecule has 0 unspecified atom stereocenters. The second kappa shape index (κ2) is 4.00. The quantitative estimate of drug-likeness (QED) is 0.743. The van der Waals surface area contributed by atoms with E-state index in [4.69, 9.17) is 0 Å². The fourth-order valence-corrected chi connectivity index (χ4v) is 1.40. The van der Waals surface area contributed by atoms with E-state index in [0.29, 0.717) is 0 Å². The zero-order chi connectivity index (χ0) is 10.7. The summed E-state index contributed by atoms with van der Waals surface area (Å²) in [6.07, 6.45) is 3.70. The maximum atomic E-state index is 9.62. The zero-order valence-corrected chi connectivity index (χ0v) is 8.46. The van der Waals surface area contributed by atoms with Crippen molar-refractivity contribution in [3.8, 4) is 5.75 Å². The van der Waals surface area contributed by atoms with Crippen molar-refractivity contribution in [3.63, 3.8) is 0 Å².